The van der Waals surface area contributed by atoms with Crippen LogP contribution >= 0.6 is 0 Å². The monoisotopic (exact) mass is 247 g/mol. The Kier molecular flexibility index (Phi) is 4.59. The van der Waals surface area contributed by atoms with E-state index in [1.807, 2.05) is 0 Å². The molecule has 1 aliphatic carbocycles. The standard InChI is InChI=1S/C15H25N3/c1-4-16-11-13-9-12(2)17-15(10-13)18(3)14-7-5-6-8-14/h9-10,14,16H,4-8,11H2,1-3H3. The number of aryl methyl sites for hydroxylation is 1. The fourth-order valence-corrected chi connectivity index (χ4v) is 2.75. The summed E-state index contributed by atoms with van der Waals surface area (Å²) < 4.78 is 0. The van der Waals surface area contributed by atoms with E-state index in [1.54, 1.807) is 0 Å². The van der Waals surface area contributed by atoms with Crippen LogP contribution in [-0.4, -0.2) is 24.6 Å². The normalized spacial score (nSPS) is 16.2. The van der Waals surface area contributed by atoms with Crippen LogP contribution in [0.5, 0.6) is 0 Å². The molecule has 3 nitrogen and oxygen atoms in total. The lowest BCUT2D eigenvalue weighted by Crippen LogP contribution is -2.30. The van der Waals surface area contributed by atoms with Gasteiger partial charge in [-0.3, -0.25) is 0 Å². The molecule has 1 heterocycles. The SMILES string of the molecule is CCNCc1cc(C)nc(N(C)C2CCCC2)c1. The molecule has 0 bridgehead atoms. The number of rotatable bonds is 5. The van der Waals surface area contributed by atoms with E-state index < -0.39 is 0 Å². The fraction of sp³-hybridized carbons (Fsp3) is 0.667. The van der Waals surface area contributed by atoms with E-state index in [4.69, 9.17) is 0 Å². The highest BCUT2D eigenvalue weighted by molar-refractivity contribution is 5.43. The molecule has 0 radical (unpaired) electrons. The van der Waals surface area contributed by atoms with Crippen molar-refractivity contribution in [3.05, 3.63) is 23.4 Å². The minimum absolute atomic E-state index is 0.686. The predicted octanol–water partition coefficient (Wildman–Crippen LogP) is 2.88. The van der Waals surface area contributed by atoms with Crippen LogP contribution in [0.15, 0.2) is 12.1 Å². The molecule has 1 aliphatic rings. The lowest BCUT2D eigenvalue weighted by Gasteiger charge is -2.26. The van der Waals surface area contributed by atoms with Crippen LogP contribution in [0.25, 0.3) is 0 Å². The highest BCUT2D eigenvalue weighted by Gasteiger charge is 2.20. The Labute approximate surface area is 111 Å². The second-order valence-corrected chi connectivity index (χ2v) is 5.30. The van der Waals surface area contributed by atoms with E-state index in [-0.39, 0.29) is 0 Å². The topological polar surface area (TPSA) is 28.2 Å². The van der Waals surface area contributed by atoms with E-state index in [0.717, 1.165) is 24.6 Å². The van der Waals surface area contributed by atoms with E-state index >= 15 is 0 Å². The van der Waals surface area contributed by atoms with E-state index in [9.17, 15) is 0 Å². The zero-order valence-electron chi connectivity index (χ0n) is 11.9. The molecule has 0 amide bonds. The fourth-order valence-electron chi connectivity index (χ4n) is 2.75. The van der Waals surface area contributed by atoms with Gasteiger partial charge in [0, 0.05) is 25.3 Å². The smallest absolute Gasteiger partial charge is 0.129 e. The predicted molar refractivity (Wildman–Crippen MR) is 77.0 cm³/mol. The summed E-state index contributed by atoms with van der Waals surface area (Å²) >= 11 is 0. The second-order valence-electron chi connectivity index (χ2n) is 5.30. The van der Waals surface area contributed by atoms with Crippen molar-refractivity contribution in [1.29, 1.82) is 0 Å². The van der Waals surface area contributed by atoms with Crippen LogP contribution in [0.1, 0.15) is 43.9 Å². The average molecular weight is 247 g/mol. The maximum absolute atomic E-state index is 4.68. The number of hydrogen-bond acceptors (Lipinski definition) is 3. The van der Waals surface area contributed by atoms with Gasteiger partial charge in [0.25, 0.3) is 0 Å². The van der Waals surface area contributed by atoms with Crippen molar-refractivity contribution >= 4 is 5.82 Å². The molecule has 100 valence electrons. The number of nitrogens with one attached hydrogen (secondary N) is 1. The number of pyridine rings is 1. The molecule has 0 atom stereocenters. The minimum Gasteiger partial charge on any atom is -0.357 e. The first-order chi connectivity index (χ1) is 8.70. The molecule has 0 unspecified atom stereocenters. The molecule has 1 N–H and O–H groups in total. The van der Waals surface area contributed by atoms with E-state index in [1.165, 1.54) is 31.2 Å². The quantitative estimate of drug-likeness (QED) is 0.867. The van der Waals surface area contributed by atoms with Gasteiger partial charge in [-0.25, -0.2) is 4.98 Å². The first-order valence-corrected chi connectivity index (χ1v) is 7.12. The summed E-state index contributed by atoms with van der Waals surface area (Å²) in [6.45, 7) is 6.17. The third-order valence-corrected chi connectivity index (χ3v) is 3.81. The van der Waals surface area contributed by atoms with Gasteiger partial charge >= 0.3 is 0 Å². The van der Waals surface area contributed by atoms with Crippen molar-refractivity contribution in [3.8, 4) is 0 Å². The van der Waals surface area contributed by atoms with Crippen molar-refractivity contribution < 1.29 is 0 Å². The first-order valence-electron chi connectivity index (χ1n) is 7.12. The Morgan fingerprint density at radius 3 is 2.72 bits per heavy atom. The van der Waals surface area contributed by atoms with Crippen molar-refractivity contribution in [1.82, 2.24) is 10.3 Å². The van der Waals surface area contributed by atoms with Crippen LogP contribution in [-0.2, 0) is 6.54 Å². The van der Waals surface area contributed by atoms with E-state index in [0.29, 0.717) is 6.04 Å². The molecule has 0 aliphatic heterocycles. The molecule has 1 aromatic rings. The summed E-state index contributed by atoms with van der Waals surface area (Å²) in [5.41, 5.74) is 2.45. The zero-order chi connectivity index (χ0) is 13.0. The zero-order valence-corrected chi connectivity index (χ0v) is 11.9. The lowest BCUT2D eigenvalue weighted by atomic mass is 10.2. The number of nitrogens with zero attached hydrogens (tertiary/aromatic N) is 2. The molecule has 0 saturated heterocycles. The van der Waals surface area contributed by atoms with Crippen LogP contribution < -0.4 is 10.2 Å². The number of hydrogen-bond donors (Lipinski definition) is 1. The maximum atomic E-state index is 4.68. The van der Waals surface area contributed by atoms with Gasteiger partial charge in [0.2, 0.25) is 0 Å². The van der Waals surface area contributed by atoms with Crippen molar-refractivity contribution in [2.75, 3.05) is 18.5 Å². The highest BCUT2D eigenvalue weighted by atomic mass is 15.2. The summed E-state index contributed by atoms with van der Waals surface area (Å²) in [6, 6.07) is 5.09. The Balaban J connectivity index is 2.13. The summed E-state index contributed by atoms with van der Waals surface area (Å²) in [5, 5.41) is 3.38. The van der Waals surface area contributed by atoms with Gasteiger partial charge < -0.3 is 10.2 Å². The van der Waals surface area contributed by atoms with Crippen molar-refractivity contribution in [2.24, 2.45) is 0 Å². The van der Waals surface area contributed by atoms with Gasteiger partial charge in [-0.2, -0.15) is 0 Å². The molecule has 2 rings (SSSR count). The molecule has 3 heteroatoms. The first kappa shape index (κ1) is 13.3. The Morgan fingerprint density at radius 1 is 1.33 bits per heavy atom. The largest absolute Gasteiger partial charge is 0.357 e. The maximum Gasteiger partial charge on any atom is 0.129 e. The summed E-state index contributed by atoms with van der Waals surface area (Å²) in [4.78, 5) is 7.06. The summed E-state index contributed by atoms with van der Waals surface area (Å²) in [5.74, 6) is 1.13. The summed E-state index contributed by atoms with van der Waals surface area (Å²) in [6.07, 6.45) is 5.36. The molecule has 1 fully saturated rings. The third kappa shape index (κ3) is 3.22. The molecular weight excluding hydrogens is 222 g/mol. The molecule has 1 saturated carbocycles. The Hall–Kier alpha value is -1.09. The second kappa shape index (κ2) is 6.19. The summed E-state index contributed by atoms with van der Waals surface area (Å²) in [7, 11) is 2.19. The third-order valence-electron chi connectivity index (χ3n) is 3.81. The van der Waals surface area contributed by atoms with Gasteiger partial charge in [0.05, 0.1) is 0 Å². The molecule has 0 aromatic carbocycles. The number of aromatic nitrogens is 1. The van der Waals surface area contributed by atoms with Gasteiger partial charge in [-0.1, -0.05) is 19.8 Å². The molecule has 1 aromatic heterocycles. The van der Waals surface area contributed by atoms with E-state index in [2.05, 4.69) is 48.2 Å². The average Bonchev–Trinajstić information content (AvgIpc) is 2.88. The van der Waals surface area contributed by atoms with Gasteiger partial charge in [-0.05, 0) is 44.0 Å². The minimum atomic E-state index is 0.686. The van der Waals surface area contributed by atoms with Crippen LogP contribution in [0, 0.1) is 6.92 Å². The van der Waals surface area contributed by atoms with Crippen LogP contribution in [0.4, 0.5) is 5.82 Å². The van der Waals surface area contributed by atoms with Crippen LogP contribution in [0.2, 0.25) is 0 Å². The number of anilines is 1. The van der Waals surface area contributed by atoms with Crippen molar-refractivity contribution in [3.63, 3.8) is 0 Å². The molecule has 18 heavy (non-hydrogen) atoms. The molecule has 0 spiro atoms. The van der Waals surface area contributed by atoms with Crippen molar-refractivity contribution in [2.45, 2.75) is 52.1 Å². The Morgan fingerprint density at radius 2 is 2.06 bits per heavy atom. The highest BCUT2D eigenvalue weighted by Crippen LogP contribution is 2.26. The van der Waals surface area contributed by atoms with Crippen LogP contribution in [0.3, 0.4) is 0 Å². The Bertz CT molecular complexity index is 383. The lowest BCUT2D eigenvalue weighted by molar-refractivity contribution is 0.644. The van der Waals surface area contributed by atoms with Gasteiger partial charge in [0.1, 0.15) is 5.82 Å². The molecular formula is C15H25N3. The van der Waals surface area contributed by atoms with Gasteiger partial charge in [0.15, 0.2) is 0 Å². The van der Waals surface area contributed by atoms with Gasteiger partial charge in [-0.15, -0.1) is 0 Å².